The van der Waals surface area contributed by atoms with Gasteiger partial charge in [-0.1, -0.05) is 11.6 Å². The molecule has 1 aromatic heterocycles. The molecule has 12 heteroatoms. The average molecular weight is 418 g/mol. The molecule has 0 aliphatic rings. The molecule has 0 saturated carbocycles. The summed E-state index contributed by atoms with van der Waals surface area (Å²) in [6.45, 7) is 1.11. The van der Waals surface area contributed by atoms with Gasteiger partial charge in [0.15, 0.2) is 5.69 Å². The average Bonchev–Trinajstić information content (AvgIpc) is 2.79. The van der Waals surface area contributed by atoms with E-state index in [1.54, 1.807) is 0 Å². The quantitative estimate of drug-likeness (QED) is 0.578. The van der Waals surface area contributed by atoms with Crippen LogP contribution in [0.2, 0.25) is 5.02 Å². The van der Waals surface area contributed by atoms with Gasteiger partial charge in [0.25, 0.3) is 0 Å². The minimum Gasteiger partial charge on any atom is -0.268 e. The summed E-state index contributed by atoms with van der Waals surface area (Å²) in [6.07, 6.45) is -4.63. The summed E-state index contributed by atoms with van der Waals surface area (Å²) in [4.78, 5) is -0.725. The number of benzene rings is 1. The monoisotopic (exact) mass is 417 g/mol. The van der Waals surface area contributed by atoms with Crippen molar-refractivity contribution >= 4 is 21.6 Å². The third-order valence-electron chi connectivity index (χ3n) is 3.42. The molecule has 0 saturated heterocycles. The van der Waals surface area contributed by atoms with Crippen LogP contribution < -0.4 is 4.72 Å². The highest BCUT2D eigenvalue weighted by Crippen LogP contribution is 2.35. The summed E-state index contributed by atoms with van der Waals surface area (Å²) in [5.74, 6) is -2.17. The van der Waals surface area contributed by atoms with Gasteiger partial charge in [-0.2, -0.15) is 18.3 Å². The van der Waals surface area contributed by atoms with Crippen LogP contribution in [0.1, 0.15) is 17.8 Å². The molecule has 1 N–H and O–H groups in total. The van der Waals surface area contributed by atoms with E-state index in [2.05, 4.69) is 9.82 Å². The van der Waals surface area contributed by atoms with Gasteiger partial charge in [0.2, 0.25) is 10.0 Å². The number of nitrogens with zero attached hydrogens (tertiary/aromatic N) is 2. The molecule has 0 bridgehead atoms. The molecule has 0 aliphatic carbocycles. The van der Waals surface area contributed by atoms with Crippen LogP contribution in [-0.2, 0) is 22.7 Å². The van der Waals surface area contributed by atoms with Crippen molar-refractivity contribution in [2.45, 2.75) is 31.0 Å². The smallest absolute Gasteiger partial charge is 0.268 e. The maximum atomic E-state index is 13.5. The summed E-state index contributed by atoms with van der Waals surface area (Å²) in [5.41, 5.74) is -1.13. The van der Waals surface area contributed by atoms with Gasteiger partial charge in [-0.05, 0) is 25.5 Å². The number of rotatable bonds is 6. The van der Waals surface area contributed by atoms with E-state index in [1.807, 2.05) is 0 Å². The van der Waals surface area contributed by atoms with Crippen molar-refractivity contribution in [3.63, 3.8) is 0 Å². The van der Waals surface area contributed by atoms with Gasteiger partial charge < -0.3 is 0 Å². The van der Waals surface area contributed by atoms with Crippen LogP contribution in [0.4, 0.5) is 22.0 Å². The second-order valence-electron chi connectivity index (χ2n) is 5.29. The SMILES string of the molecule is Cc1c(Cl)c(C(F)(F)F)nn1CCCNS(=O)(=O)c1ccc(F)cc1F. The van der Waals surface area contributed by atoms with Crippen molar-refractivity contribution in [3.05, 3.63) is 46.2 Å². The van der Waals surface area contributed by atoms with Crippen LogP contribution >= 0.6 is 11.6 Å². The molecule has 1 aromatic carbocycles. The van der Waals surface area contributed by atoms with Crippen LogP contribution in [0.5, 0.6) is 0 Å². The highest BCUT2D eigenvalue weighted by molar-refractivity contribution is 7.89. The lowest BCUT2D eigenvalue weighted by molar-refractivity contribution is -0.141. The molecule has 0 spiro atoms. The summed E-state index contributed by atoms with van der Waals surface area (Å²) >= 11 is 5.61. The minimum atomic E-state index is -4.70. The third kappa shape index (κ3) is 4.51. The van der Waals surface area contributed by atoms with E-state index < -0.39 is 43.4 Å². The number of hydrogen-bond acceptors (Lipinski definition) is 3. The Morgan fingerprint density at radius 1 is 1.27 bits per heavy atom. The molecular weight excluding hydrogens is 405 g/mol. The molecule has 1 heterocycles. The molecule has 2 aromatic rings. The molecule has 0 atom stereocenters. The first-order valence-electron chi connectivity index (χ1n) is 7.18. The molecule has 5 nitrogen and oxygen atoms in total. The van der Waals surface area contributed by atoms with Gasteiger partial charge in [0.05, 0.1) is 10.7 Å². The molecule has 0 fully saturated rings. The zero-order valence-electron chi connectivity index (χ0n) is 13.2. The Balaban J connectivity index is 2.01. The molecular formula is C14H13ClF5N3O2S. The third-order valence-corrected chi connectivity index (χ3v) is 5.37. The van der Waals surface area contributed by atoms with Crippen LogP contribution in [-0.4, -0.2) is 24.7 Å². The van der Waals surface area contributed by atoms with Crippen LogP contribution in [0.3, 0.4) is 0 Å². The van der Waals surface area contributed by atoms with Crippen LogP contribution in [0.25, 0.3) is 0 Å². The lowest BCUT2D eigenvalue weighted by Crippen LogP contribution is -2.26. The summed E-state index contributed by atoms with van der Waals surface area (Å²) in [6, 6.07) is 2.01. The Hall–Kier alpha value is -1.72. The maximum absolute atomic E-state index is 13.5. The van der Waals surface area contributed by atoms with E-state index >= 15 is 0 Å². The van der Waals surface area contributed by atoms with E-state index in [1.165, 1.54) is 6.92 Å². The van der Waals surface area contributed by atoms with Crippen molar-refractivity contribution in [2.75, 3.05) is 6.54 Å². The summed E-state index contributed by atoms with van der Waals surface area (Å²) in [7, 11) is -4.23. The van der Waals surface area contributed by atoms with E-state index in [9.17, 15) is 30.4 Å². The first kappa shape index (κ1) is 20.6. The number of nitrogens with one attached hydrogen (secondary N) is 1. The zero-order valence-corrected chi connectivity index (χ0v) is 14.8. The predicted molar refractivity (Wildman–Crippen MR) is 83.1 cm³/mol. The van der Waals surface area contributed by atoms with E-state index in [-0.39, 0.29) is 25.2 Å². The Bertz CT molecular complexity index is 912. The van der Waals surface area contributed by atoms with Crippen molar-refractivity contribution in [2.24, 2.45) is 0 Å². The van der Waals surface area contributed by atoms with Gasteiger partial charge in [0.1, 0.15) is 16.5 Å². The second-order valence-corrected chi connectivity index (χ2v) is 7.41. The Labute approximate surface area is 150 Å². The standard InChI is InChI=1S/C14H13ClF5N3O2S/c1-8-12(15)13(14(18,19)20)22-23(8)6-2-5-21-26(24,25)11-4-3-9(16)7-10(11)17/h3-4,7,21H,2,5-6H2,1H3. The normalized spacial score (nSPS) is 12.6. The summed E-state index contributed by atoms with van der Waals surface area (Å²) < 4.78 is 91.6. The van der Waals surface area contributed by atoms with E-state index in [0.29, 0.717) is 6.07 Å². The fourth-order valence-corrected chi connectivity index (χ4v) is 3.50. The molecule has 2 rings (SSSR count). The number of halogens is 6. The Morgan fingerprint density at radius 2 is 1.92 bits per heavy atom. The second kappa shape index (κ2) is 7.49. The predicted octanol–water partition coefficient (Wildman–Crippen LogP) is 3.51. The number of hydrogen-bond donors (Lipinski definition) is 1. The number of sulfonamides is 1. The van der Waals surface area contributed by atoms with Crippen molar-refractivity contribution in [3.8, 4) is 0 Å². The largest absolute Gasteiger partial charge is 0.436 e. The highest BCUT2D eigenvalue weighted by Gasteiger charge is 2.38. The van der Waals surface area contributed by atoms with Crippen molar-refractivity contribution in [1.29, 1.82) is 0 Å². The van der Waals surface area contributed by atoms with Gasteiger partial charge in [-0.3, -0.25) is 4.68 Å². The Morgan fingerprint density at radius 3 is 2.46 bits per heavy atom. The molecule has 144 valence electrons. The number of aromatic nitrogens is 2. The van der Waals surface area contributed by atoms with Gasteiger partial charge >= 0.3 is 6.18 Å². The summed E-state index contributed by atoms with van der Waals surface area (Å²) in [5, 5.41) is 2.86. The molecule has 26 heavy (non-hydrogen) atoms. The zero-order chi connectivity index (χ0) is 19.7. The minimum absolute atomic E-state index is 0.0456. The number of aryl methyl sites for hydroxylation is 1. The van der Waals surface area contributed by atoms with Gasteiger partial charge in [0, 0.05) is 19.2 Å². The maximum Gasteiger partial charge on any atom is 0.436 e. The molecule has 0 unspecified atom stereocenters. The number of alkyl halides is 3. The first-order valence-corrected chi connectivity index (χ1v) is 9.04. The molecule has 0 radical (unpaired) electrons. The fraction of sp³-hybridized carbons (Fsp3) is 0.357. The topological polar surface area (TPSA) is 64.0 Å². The van der Waals surface area contributed by atoms with E-state index in [0.717, 1.165) is 16.8 Å². The lowest BCUT2D eigenvalue weighted by Gasteiger charge is -2.08. The van der Waals surface area contributed by atoms with Crippen LogP contribution in [0, 0.1) is 18.6 Å². The van der Waals surface area contributed by atoms with Crippen molar-refractivity contribution < 1.29 is 30.4 Å². The highest BCUT2D eigenvalue weighted by atomic mass is 35.5. The van der Waals surface area contributed by atoms with Crippen molar-refractivity contribution in [1.82, 2.24) is 14.5 Å². The fourth-order valence-electron chi connectivity index (χ4n) is 2.13. The van der Waals surface area contributed by atoms with E-state index in [4.69, 9.17) is 11.6 Å². The molecule has 0 amide bonds. The first-order chi connectivity index (χ1) is 11.9. The Kier molecular flexibility index (Phi) is 5.93. The lowest BCUT2D eigenvalue weighted by atomic mass is 10.3. The van der Waals surface area contributed by atoms with Gasteiger partial charge in [-0.15, -0.1) is 0 Å². The van der Waals surface area contributed by atoms with Crippen LogP contribution in [0.15, 0.2) is 23.1 Å². The van der Waals surface area contributed by atoms with Gasteiger partial charge in [-0.25, -0.2) is 21.9 Å². The molecule has 0 aliphatic heterocycles.